The van der Waals surface area contributed by atoms with Crippen LogP contribution in [0.4, 0.5) is 0 Å². The molecule has 0 fully saturated rings. The second kappa shape index (κ2) is 66.9. The third-order valence-corrected chi connectivity index (χ3v) is 19.4. The molecule has 0 radical (unpaired) electrons. The van der Waals surface area contributed by atoms with Gasteiger partial charge in [-0.3, -0.25) is 37.3 Å². The zero-order chi connectivity index (χ0) is 69.3. The van der Waals surface area contributed by atoms with Crippen molar-refractivity contribution in [2.45, 2.75) is 407 Å². The normalized spacial score (nSPS) is 14.0. The number of aliphatic hydroxyl groups is 1. The molecule has 0 saturated heterocycles. The van der Waals surface area contributed by atoms with Gasteiger partial charge in [0.2, 0.25) is 0 Å². The second-order valence-electron chi connectivity index (χ2n) is 28.0. The molecule has 0 aliphatic heterocycles. The van der Waals surface area contributed by atoms with Crippen molar-refractivity contribution < 1.29 is 80.2 Å². The van der Waals surface area contributed by atoms with Crippen LogP contribution in [0.2, 0.25) is 0 Å². The summed E-state index contributed by atoms with van der Waals surface area (Å²) in [5.41, 5.74) is 0. The highest BCUT2D eigenvalue weighted by atomic mass is 31.2. The van der Waals surface area contributed by atoms with Gasteiger partial charge in [0.1, 0.15) is 19.3 Å². The summed E-state index contributed by atoms with van der Waals surface area (Å²) in [6, 6.07) is 0. The minimum atomic E-state index is -4.96. The van der Waals surface area contributed by atoms with Crippen LogP contribution in [0.5, 0.6) is 0 Å². The van der Waals surface area contributed by atoms with Gasteiger partial charge in [-0.05, 0) is 37.5 Å². The zero-order valence-corrected chi connectivity index (χ0v) is 63.1. The Labute approximate surface area is 575 Å². The van der Waals surface area contributed by atoms with Crippen molar-refractivity contribution in [3.63, 3.8) is 0 Å². The van der Waals surface area contributed by atoms with Gasteiger partial charge in [-0.25, -0.2) is 9.13 Å². The summed E-state index contributed by atoms with van der Waals surface area (Å²) in [5.74, 6) is -0.566. The molecule has 17 nitrogen and oxygen atoms in total. The minimum absolute atomic E-state index is 0.106. The monoisotopic (exact) mass is 1380 g/mol. The molecule has 0 heterocycles. The van der Waals surface area contributed by atoms with Crippen molar-refractivity contribution in [3.8, 4) is 0 Å². The van der Waals surface area contributed by atoms with Gasteiger partial charge < -0.3 is 33.8 Å². The van der Waals surface area contributed by atoms with Gasteiger partial charge in [-0.1, -0.05) is 337 Å². The van der Waals surface area contributed by atoms with Gasteiger partial charge in [0, 0.05) is 25.7 Å². The molecule has 2 unspecified atom stereocenters. The zero-order valence-electron chi connectivity index (χ0n) is 61.3. The molecule has 94 heavy (non-hydrogen) atoms. The molecule has 0 spiro atoms. The van der Waals surface area contributed by atoms with Gasteiger partial charge in [0.05, 0.1) is 26.4 Å². The van der Waals surface area contributed by atoms with Crippen molar-refractivity contribution in [2.24, 2.45) is 11.8 Å². The van der Waals surface area contributed by atoms with E-state index >= 15 is 0 Å². The molecule has 0 aromatic heterocycles. The largest absolute Gasteiger partial charge is 0.472 e. The molecule has 5 atom stereocenters. The molecule has 0 aromatic rings. The van der Waals surface area contributed by atoms with E-state index in [9.17, 15) is 43.2 Å². The van der Waals surface area contributed by atoms with Crippen molar-refractivity contribution >= 4 is 39.5 Å². The Morgan fingerprint density at radius 3 is 0.723 bits per heavy atom. The van der Waals surface area contributed by atoms with Crippen molar-refractivity contribution in [3.05, 3.63) is 0 Å². The quantitative estimate of drug-likeness (QED) is 0.0222. The van der Waals surface area contributed by atoms with Crippen LogP contribution in [0, 0.1) is 11.8 Å². The van der Waals surface area contributed by atoms with Gasteiger partial charge in [0.25, 0.3) is 0 Å². The third kappa shape index (κ3) is 68.6. The van der Waals surface area contributed by atoms with Crippen LogP contribution in [0.1, 0.15) is 388 Å². The molecule has 0 aliphatic rings. The number of aliphatic hydroxyl groups excluding tert-OH is 1. The number of unbranched alkanes of at least 4 members (excludes halogenated alkanes) is 44. The average molecular weight is 1380 g/mol. The Morgan fingerprint density at radius 1 is 0.287 bits per heavy atom. The lowest BCUT2D eigenvalue weighted by molar-refractivity contribution is -0.161. The van der Waals surface area contributed by atoms with Crippen molar-refractivity contribution in [2.75, 3.05) is 39.6 Å². The molecule has 0 aromatic carbocycles. The maximum Gasteiger partial charge on any atom is 0.472 e. The Hall–Kier alpha value is -1.94. The summed E-state index contributed by atoms with van der Waals surface area (Å²) in [6.07, 6.45) is 54.1. The summed E-state index contributed by atoms with van der Waals surface area (Å²) in [5, 5.41) is 10.6. The van der Waals surface area contributed by atoms with Crippen LogP contribution in [-0.2, 0) is 65.4 Å². The first-order valence-corrected chi connectivity index (χ1v) is 42.0. The fourth-order valence-electron chi connectivity index (χ4n) is 11.5. The summed E-state index contributed by atoms with van der Waals surface area (Å²) < 4.78 is 68.4. The SMILES string of the molecule is CCCCCCCCCCCCCCCCCCC(=O)OC[C@H](COP(=O)(O)OC[C@@H](O)COP(=O)(O)OC[C@@H](COC(=O)CCCCCCCCCC)OC(=O)CCCCCCCCCCCCCC(C)C)OC(=O)CCCCCCCCCCCCCCCC(C)C. The fourth-order valence-corrected chi connectivity index (χ4v) is 13.1. The molecule has 0 rings (SSSR count). The summed E-state index contributed by atoms with van der Waals surface area (Å²) in [4.78, 5) is 72.7. The van der Waals surface area contributed by atoms with E-state index in [1.807, 2.05) is 0 Å². The molecule has 0 amide bonds. The molecule has 0 saturated carbocycles. The minimum Gasteiger partial charge on any atom is -0.462 e. The number of phosphoric ester groups is 2. The maximum atomic E-state index is 13.1. The number of esters is 4. The Balaban J connectivity index is 5.22. The number of rotatable bonds is 74. The van der Waals surface area contributed by atoms with E-state index in [-0.39, 0.29) is 25.7 Å². The van der Waals surface area contributed by atoms with Gasteiger partial charge in [0.15, 0.2) is 12.2 Å². The number of phosphoric acid groups is 2. The van der Waals surface area contributed by atoms with E-state index in [0.717, 1.165) is 108 Å². The topological polar surface area (TPSA) is 237 Å². The van der Waals surface area contributed by atoms with Crippen molar-refractivity contribution in [1.29, 1.82) is 0 Å². The summed E-state index contributed by atoms with van der Waals surface area (Å²) in [6.45, 7) is 9.58. The van der Waals surface area contributed by atoms with Crippen LogP contribution in [0.15, 0.2) is 0 Å². The van der Waals surface area contributed by atoms with Crippen LogP contribution in [0.25, 0.3) is 0 Å². The first-order chi connectivity index (χ1) is 45.4. The van der Waals surface area contributed by atoms with E-state index in [1.165, 1.54) is 199 Å². The van der Waals surface area contributed by atoms with Crippen LogP contribution >= 0.6 is 15.6 Å². The number of ether oxygens (including phenoxy) is 4. The highest BCUT2D eigenvalue weighted by molar-refractivity contribution is 7.47. The smallest absolute Gasteiger partial charge is 0.462 e. The predicted octanol–water partition coefficient (Wildman–Crippen LogP) is 21.9. The Morgan fingerprint density at radius 2 is 0.489 bits per heavy atom. The van der Waals surface area contributed by atoms with Gasteiger partial charge in [-0.15, -0.1) is 0 Å². The fraction of sp³-hybridized carbons (Fsp3) is 0.947. The molecular weight excluding hydrogens is 1230 g/mol. The standard InChI is InChI=1S/C75H146O17P2/c1-7-9-11-13-15-17-18-19-20-21-24-29-34-40-46-52-58-73(78)86-64-71(92-74(79)59-53-47-41-35-30-25-22-23-27-32-37-43-49-55-67(3)4)66-90-94(83,84)88-62-69(76)61-87-93(81,82)89-65-70(63-85-72(77)57-51-45-39-16-14-12-10-8-2)91-75(80)60-54-48-42-36-31-26-28-33-38-44-50-56-68(5)6/h67-71,76H,7-66H2,1-6H3,(H,81,82)(H,83,84)/t69-,70+,71+/m0/s1. The highest BCUT2D eigenvalue weighted by Gasteiger charge is 2.30. The van der Waals surface area contributed by atoms with Gasteiger partial charge in [-0.2, -0.15) is 0 Å². The van der Waals surface area contributed by atoms with Gasteiger partial charge >= 0.3 is 39.5 Å². The first-order valence-electron chi connectivity index (χ1n) is 39.0. The number of hydrogen-bond acceptors (Lipinski definition) is 15. The lowest BCUT2D eigenvalue weighted by Crippen LogP contribution is -2.30. The first kappa shape index (κ1) is 92.1. The van der Waals surface area contributed by atoms with Crippen LogP contribution in [-0.4, -0.2) is 96.7 Å². The number of carbonyl (C=O) groups excluding carboxylic acids is 4. The lowest BCUT2D eigenvalue weighted by Gasteiger charge is -2.21. The average Bonchev–Trinajstić information content (AvgIpc) is 1.52. The lowest BCUT2D eigenvalue weighted by atomic mass is 10.0. The van der Waals surface area contributed by atoms with E-state index in [1.54, 1.807) is 0 Å². The predicted molar refractivity (Wildman–Crippen MR) is 381 cm³/mol. The van der Waals surface area contributed by atoms with Crippen molar-refractivity contribution in [1.82, 2.24) is 0 Å². The molecule has 3 N–H and O–H groups in total. The van der Waals surface area contributed by atoms with Crippen LogP contribution < -0.4 is 0 Å². The number of carbonyl (C=O) groups is 4. The summed E-state index contributed by atoms with van der Waals surface area (Å²) >= 11 is 0. The molecule has 0 bridgehead atoms. The molecule has 19 heteroatoms. The third-order valence-electron chi connectivity index (χ3n) is 17.5. The van der Waals surface area contributed by atoms with Crippen LogP contribution in [0.3, 0.4) is 0 Å². The highest BCUT2D eigenvalue weighted by Crippen LogP contribution is 2.45. The second-order valence-corrected chi connectivity index (χ2v) is 30.9. The molecule has 558 valence electrons. The van der Waals surface area contributed by atoms with E-state index in [2.05, 4.69) is 41.5 Å². The number of hydrogen-bond donors (Lipinski definition) is 3. The van der Waals surface area contributed by atoms with E-state index in [0.29, 0.717) is 25.7 Å². The maximum absolute atomic E-state index is 13.1. The van der Waals surface area contributed by atoms with E-state index < -0.39 is 97.5 Å². The molecule has 0 aliphatic carbocycles. The Bertz CT molecular complexity index is 1820. The Kier molecular flexibility index (Phi) is 65.5. The summed E-state index contributed by atoms with van der Waals surface area (Å²) in [7, 11) is -9.91. The molecular formula is C75H146O17P2. The van der Waals surface area contributed by atoms with E-state index in [4.69, 9.17) is 37.0 Å².